The fourth-order valence-corrected chi connectivity index (χ4v) is 5.02. The summed E-state index contributed by atoms with van der Waals surface area (Å²) in [6, 6.07) is 33.9. The number of benzene rings is 4. The summed E-state index contributed by atoms with van der Waals surface area (Å²) in [5.41, 5.74) is 4.77. The van der Waals surface area contributed by atoms with Crippen LogP contribution in [0.4, 0.5) is 0 Å². The number of rotatable bonds is 8. The Balaban J connectivity index is 1.78. The van der Waals surface area contributed by atoms with Crippen LogP contribution in [0, 0.1) is 12.8 Å². The summed E-state index contributed by atoms with van der Waals surface area (Å²) in [7, 11) is 1.62. The van der Waals surface area contributed by atoms with E-state index >= 15 is 0 Å². The van der Waals surface area contributed by atoms with Crippen LogP contribution in [0.25, 0.3) is 10.9 Å². The van der Waals surface area contributed by atoms with E-state index in [0.29, 0.717) is 16.9 Å². The normalized spacial score (nSPS) is 12.0. The average molecular weight is 474 g/mol. The predicted octanol–water partition coefficient (Wildman–Crippen LogP) is 7.00. The average Bonchev–Trinajstić information content (AvgIpc) is 3.27. The molecule has 0 aliphatic rings. The van der Waals surface area contributed by atoms with Gasteiger partial charge in [0.2, 0.25) is 0 Å². The molecule has 1 N–H and O–H groups in total. The Morgan fingerprint density at radius 3 is 1.78 bits per heavy atom. The van der Waals surface area contributed by atoms with Crippen molar-refractivity contribution in [1.29, 1.82) is 0 Å². The van der Waals surface area contributed by atoms with Crippen molar-refractivity contribution in [3.05, 3.63) is 137 Å². The van der Waals surface area contributed by atoms with Gasteiger partial charge in [0.1, 0.15) is 5.75 Å². The number of methoxy groups -OCH3 is 1. The second-order valence-electron chi connectivity index (χ2n) is 8.90. The highest BCUT2D eigenvalue weighted by Crippen LogP contribution is 2.41. The van der Waals surface area contributed by atoms with Gasteiger partial charge in [-0.15, -0.1) is 0 Å². The van der Waals surface area contributed by atoms with Crippen LogP contribution in [0.1, 0.15) is 43.5 Å². The van der Waals surface area contributed by atoms with Gasteiger partial charge in [0.25, 0.3) is 0 Å². The van der Waals surface area contributed by atoms with E-state index < -0.39 is 11.8 Å². The minimum absolute atomic E-state index is 0.199. The first-order valence-electron chi connectivity index (χ1n) is 12.0. The van der Waals surface area contributed by atoms with Crippen LogP contribution in [-0.4, -0.2) is 23.7 Å². The standard InChI is InChI=1S/C32H27NO3/c1-21-28(26-15-9-10-16-27(26)33-21)29(22-17-19-25(36-2)20-18-22)30(31(34)23-11-5-3-6-12-23)32(35)24-13-7-4-8-14-24/h3-20,29-30,33H,1-2H3/t29-/m0/s1. The zero-order valence-electron chi connectivity index (χ0n) is 20.3. The molecule has 0 fully saturated rings. The molecule has 1 heterocycles. The molecule has 5 aromatic rings. The van der Waals surface area contributed by atoms with E-state index in [0.717, 1.165) is 27.7 Å². The van der Waals surface area contributed by atoms with E-state index in [1.54, 1.807) is 31.4 Å². The van der Waals surface area contributed by atoms with E-state index in [4.69, 9.17) is 4.74 Å². The first-order valence-corrected chi connectivity index (χ1v) is 12.0. The highest BCUT2D eigenvalue weighted by molar-refractivity contribution is 6.17. The van der Waals surface area contributed by atoms with Crippen LogP contribution >= 0.6 is 0 Å². The Morgan fingerprint density at radius 1 is 0.694 bits per heavy atom. The number of hydrogen-bond acceptors (Lipinski definition) is 3. The summed E-state index contributed by atoms with van der Waals surface area (Å²) < 4.78 is 5.39. The second-order valence-corrected chi connectivity index (χ2v) is 8.90. The number of H-pyrrole nitrogens is 1. The molecular formula is C32H27NO3. The quantitative estimate of drug-likeness (QED) is 0.195. The Labute approximate surface area is 210 Å². The molecule has 4 heteroatoms. The third-order valence-corrected chi connectivity index (χ3v) is 6.74. The Kier molecular flexibility index (Phi) is 6.50. The van der Waals surface area contributed by atoms with Gasteiger partial charge >= 0.3 is 0 Å². The van der Waals surface area contributed by atoms with Gasteiger partial charge in [-0.1, -0.05) is 91.0 Å². The summed E-state index contributed by atoms with van der Waals surface area (Å²) >= 11 is 0. The largest absolute Gasteiger partial charge is 0.497 e. The van der Waals surface area contributed by atoms with E-state index in [-0.39, 0.29) is 11.6 Å². The molecule has 5 rings (SSSR count). The number of aryl methyl sites for hydroxylation is 1. The number of fused-ring (bicyclic) bond motifs is 1. The van der Waals surface area contributed by atoms with Crippen molar-refractivity contribution >= 4 is 22.5 Å². The molecular weight excluding hydrogens is 446 g/mol. The van der Waals surface area contributed by atoms with E-state index in [2.05, 4.69) is 4.98 Å². The maximum absolute atomic E-state index is 14.2. The number of ketones is 2. The number of carbonyl (C=O) groups excluding carboxylic acids is 2. The van der Waals surface area contributed by atoms with Crippen molar-refractivity contribution < 1.29 is 14.3 Å². The molecule has 178 valence electrons. The summed E-state index contributed by atoms with van der Waals surface area (Å²) in [5, 5.41) is 1.00. The number of nitrogens with one attached hydrogen (secondary N) is 1. The molecule has 0 aliphatic carbocycles. The van der Waals surface area contributed by atoms with Gasteiger partial charge in [0.05, 0.1) is 13.0 Å². The summed E-state index contributed by atoms with van der Waals surface area (Å²) in [5.74, 6) is -1.15. The smallest absolute Gasteiger partial charge is 0.174 e. The van der Waals surface area contributed by atoms with Crippen LogP contribution in [0.3, 0.4) is 0 Å². The molecule has 0 amide bonds. The van der Waals surface area contributed by atoms with Crippen molar-refractivity contribution in [2.24, 2.45) is 5.92 Å². The molecule has 36 heavy (non-hydrogen) atoms. The molecule has 1 atom stereocenters. The van der Waals surface area contributed by atoms with Crippen molar-refractivity contribution in [3.63, 3.8) is 0 Å². The molecule has 0 aliphatic heterocycles. The molecule has 0 unspecified atom stereocenters. The van der Waals surface area contributed by atoms with Crippen molar-refractivity contribution in [2.75, 3.05) is 7.11 Å². The number of carbonyl (C=O) groups is 2. The van der Waals surface area contributed by atoms with Crippen LogP contribution in [0.2, 0.25) is 0 Å². The van der Waals surface area contributed by atoms with Gasteiger partial charge in [0.15, 0.2) is 11.6 Å². The molecule has 1 aromatic heterocycles. The van der Waals surface area contributed by atoms with Gasteiger partial charge in [0, 0.05) is 33.6 Å². The lowest BCUT2D eigenvalue weighted by Crippen LogP contribution is -2.31. The lowest BCUT2D eigenvalue weighted by molar-refractivity contribution is 0.0793. The zero-order chi connectivity index (χ0) is 25.1. The van der Waals surface area contributed by atoms with Crippen LogP contribution < -0.4 is 4.74 Å². The van der Waals surface area contributed by atoms with Crippen LogP contribution in [0.15, 0.2) is 109 Å². The Morgan fingerprint density at radius 2 is 1.22 bits per heavy atom. The van der Waals surface area contributed by atoms with Crippen molar-refractivity contribution in [2.45, 2.75) is 12.8 Å². The summed E-state index contributed by atoms with van der Waals surface area (Å²) in [6.07, 6.45) is 0. The zero-order valence-corrected chi connectivity index (χ0v) is 20.3. The summed E-state index contributed by atoms with van der Waals surface area (Å²) in [4.78, 5) is 31.8. The monoisotopic (exact) mass is 473 g/mol. The van der Waals surface area contributed by atoms with E-state index in [1.165, 1.54) is 0 Å². The lowest BCUT2D eigenvalue weighted by atomic mass is 9.73. The van der Waals surface area contributed by atoms with Gasteiger partial charge in [-0.25, -0.2) is 0 Å². The molecule has 4 nitrogen and oxygen atoms in total. The molecule has 4 aromatic carbocycles. The Hall–Kier alpha value is -4.44. The first-order chi connectivity index (χ1) is 17.6. The van der Waals surface area contributed by atoms with Crippen molar-refractivity contribution in [3.8, 4) is 5.75 Å². The minimum atomic E-state index is -0.957. The van der Waals surface area contributed by atoms with Gasteiger partial charge in [-0.2, -0.15) is 0 Å². The van der Waals surface area contributed by atoms with E-state index in [9.17, 15) is 9.59 Å². The highest BCUT2D eigenvalue weighted by atomic mass is 16.5. The number of Topliss-reactive ketones (excluding diaryl/α,β-unsaturated/α-hetero) is 2. The molecule has 0 radical (unpaired) electrons. The van der Waals surface area contributed by atoms with Crippen LogP contribution in [0.5, 0.6) is 5.75 Å². The van der Waals surface area contributed by atoms with Gasteiger partial charge in [-0.3, -0.25) is 9.59 Å². The fraction of sp³-hybridized carbons (Fsp3) is 0.125. The topological polar surface area (TPSA) is 59.2 Å². The third-order valence-electron chi connectivity index (χ3n) is 6.74. The maximum Gasteiger partial charge on any atom is 0.174 e. The molecule has 0 bridgehead atoms. The number of hydrogen-bond donors (Lipinski definition) is 1. The first kappa shape index (κ1) is 23.3. The molecule has 0 spiro atoms. The maximum atomic E-state index is 14.2. The van der Waals surface area contributed by atoms with Crippen molar-refractivity contribution in [1.82, 2.24) is 4.98 Å². The molecule has 0 saturated heterocycles. The van der Waals surface area contributed by atoms with Gasteiger partial charge < -0.3 is 9.72 Å². The highest BCUT2D eigenvalue weighted by Gasteiger charge is 2.39. The number of aromatic nitrogens is 1. The summed E-state index contributed by atoms with van der Waals surface area (Å²) in [6.45, 7) is 2.00. The number of aromatic amines is 1. The van der Waals surface area contributed by atoms with Crippen LogP contribution in [-0.2, 0) is 0 Å². The third kappa shape index (κ3) is 4.34. The lowest BCUT2D eigenvalue weighted by Gasteiger charge is -2.27. The number of ether oxygens (including phenoxy) is 1. The predicted molar refractivity (Wildman–Crippen MR) is 143 cm³/mol. The number of para-hydroxylation sites is 1. The fourth-order valence-electron chi connectivity index (χ4n) is 5.02. The van der Waals surface area contributed by atoms with E-state index in [1.807, 2.05) is 91.9 Å². The minimum Gasteiger partial charge on any atom is -0.497 e. The van der Waals surface area contributed by atoms with Gasteiger partial charge in [-0.05, 0) is 36.2 Å². The Bertz CT molecular complexity index is 1450. The second kappa shape index (κ2) is 10.0. The SMILES string of the molecule is COc1ccc([C@@H](c2c(C)[nH]c3ccccc23)C(C(=O)c2ccccc2)C(=O)c2ccccc2)cc1. The molecule has 0 saturated carbocycles.